The number of non-ortho nitro benzene ring substituents is 1. The summed E-state index contributed by atoms with van der Waals surface area (Å²) in [5.74, 6) is 0. The predicted octanol–water partition coefficient (Wildman–Crippen LogP) is 2.43. The van der Waals surface area contributed by atoms with E-state index in [1.807, 2.05) is 6.07 Å². The van der Waals surface area contributed by atoms with Crippen LogP contribution >= 0.6 is 0 Å². The van der Waals surface area contributed by atoms with Crippen molar-refractivity contribution >= 4 is 22.3 Å². The first-order valence-corrected chi connectivity index (χ1v) is 7.74. The summed E-state index contributed by atoms with van der Waals surface area (Å²) >= 11 is 0. The number of rotatable bonds is 2. The van der Waals surface area contributed by atoms with Gasteiger partial charge in [-0.1, -0.05) is 0 Å². The largest absolute Gasteiger partial charge is 0.368 e. The van der Waals surface area contributed by atoms with E-state index >= 15 is 0 Å². The number of hydrogen-bond donors (Lipinski definition) is 0. The molecule has 22 heavy (non-hydrogen) atoms. The lowest BCUT2D eigenvalue weighted by atomic mass is 10.1. The maximum Gasteiger partial charge on any atom is 0.270 e. The Balaban J connectivity index is 1.74. The molecule has 0 aliphatic carbocycles. The molecule has 2 saturated heterocycles. The molecule has 0 amide bonds. The number of nitro groups is 1. The number of pyridine rings is 1. The summed E-state index contributed by atoms with van der Waals surface area (Å²) < 4.78 is 0. The quantitative estimate of drug-likeness (QED) is 0.629. The summed E-state index contributed by atoms with van der Waals surface area (Å²) in [5, 5.41) is 11.9. The summed E-state index contributed by atoms with van der Waals surface area (Å²) in [6, 6.07) is 7.52. The van der Waals surface area contributed by atoms with Gasteiger partial charge in [0.2, 0.25) is 0 Å². The van der Waals surface area contributed by atoms with E-state index in [0.29, 0.717) is 6.04 Å². The molecular weight excluding hydrogens is 280 g/mol. The third-order valence-corrected chi connectivity index (χ3v) is 4.84. The molecule has 3 heterocycles. The Morgan fingerprint density at radius 1 is 1.23 bits per heavy atom. The van der Waals surface area contributed by atoms with Gasteiger partial charge in [0.1, 0.15) is 0 Å². The number of nitrogens with zero attached hydrogens (tertiary/aromatic N) is 4. The first kappa shape index (κ1) is 13.5. The van der Waals surface area contributed by atoms with Crippen LogP contribution in [0.1, 0.15) is 12.8 Å². The summed E-state index contributed by atoms with van der Waals surface area (Å²) in [6.07, 6.45) is 4.32. The van der Waals surface area contributed by atoms with Crippen molar-refractivity contribution < 1.29 is 4.92 Å². The average Bonchev–Trinajstić information content (AvgIpc) is 3.01. The second kappa shape index (κ2) is 5.21. The number of hydrogen-bond acceptors (Lipinski definition) is 5. The zero-order valence-electron chi connectivity index (χ0n) is 12.3. The van der Waals surface area contributed by atoms with Crippen molar-refractivity contribution in [2.45, 2.75) is 18.9 Å². The van der Waals surface area contributed by atoms with E-state index in [4.69, 9.17) is 0 Å². The van der Waals surface area contributed by atoms with Crippen LogP contribution in [0.2, 0.25) is 0 Å². The van der Waals surface area contributed by atoms with Crippen LogP contribution in [0.25, 0.3) is 10.9 Å². The zero-order chi connectivity index (χ0) is 15.1. The number of aromatic nitrogens is 1. The van der Waals surface area contributed by atoms with Gasteiger partial charge in [-0.2, -0.15) is 0 Å². The van der Waals surface area contributed by atoms with E-state index in [9.17, 15) is 10.1 Å². The van der Waals surface area contributed by atoms with Crippen LogP contribution in [0.4, 0.5) is 11.4 Å². The third kappa shape index (κ3) is 2.20. The molecule has 6 heteroatoms. The van der Waals surface area contributed by atoms with Gasteiger partial charge in [0.15, 0.2) is 0 Å². The fourth-order valence-corrected chi connectivity index (χ4v) is 3.72. The van der Waals surface area contributed by atoms with Crippen molar-refractivity contribution in [1.82, 2.24) is 9.88 Å². The maximum absolute atomic E-state index is 11.0. The highest BCUT2D eigenvalue weighted by atomic mass is 16.6. The van der Waals surface area contributed by atoms with Gasteiger partial charge < -0.3 is 4.90 Å². The van der Waals surface area contributed by atoms with Gasteiger partial charge in [0.25, 0.3) is 5.69 Å². The Labute approximate surface area is 128 Å². The Kier molecular flexibility index (Phi) is 3.18. The number of piperazine rings is 1. The van der Waals surface area contributed by atoms with Gasteiger partial charge in [-0.15, -0.1) is 0 Å². The van der Waals surface area contributed by atoms with Crippen LogP contribution < -0.4 is 4.90 Å². The highest BCUT2D eigenvalue weighted by Gasteiger charge is 2.31. The highest BCUT2D eigenvalue weighted by Crippen LogP contribution is 2.31. The summed E-state index contributed by atoms with van der Waals surface area (Å²) in [7, 11) is 0. The number of fused-ring (bicyclic) bond motifs is 2. The molecule has 0 bridgehead atoms. The summed E-state index contributed by atoms with van der Waals surface area (Å²) in [4.78, 5) is 20.0. The molecule has 0 unspecified atom stereocenters. The van der Waals surface area contributed by atoms with Crippen molar-refractivity contribution in [3.63, 3.8) is 0 Å². The lowest BCUT2D eigenvalue weighted by Gasteiger charge is -2.39. The molecular formula is C16H18N4O2. The molecule has 2 aliphatic rings. The van der Waals surface area contributed by atoms with E-state index in [0.717, 1.165) is 36.2 Å². The van der Waals surface area contributed by atoms with Crippen molar-refractivity contribution in [3.05, 3.63) is 40.6 Å². The lowest BCUT2D eigenvalue weighted by molar-refractivity contribution is -0.384. The topological polar surface area (TPSA) is 62.5 Å². The number of anilines is 1. The molecule has 0 spiro atoms. The molecule has 114 valence electrons. The van der Waals surface area contributed by atoms with Crippen LogP contribution in [-0.2, 0) is 0 Å². The molecule has 2 aromatic rings. The Hall–Kier alpha value is -2.21. The molecule has 0 saturated carbocycles. The van der Waals surface area contributed by atoms with E-state index in [1.54, 1.807) is 18.3 Å². The van der Waals surface area contributed by atoms with E-state index in [-0.39, 0.29) is 10.6 Å². The lowest BCUT2D eigenvalue weighted by Crippen LogP contribution is -2.50. The van der Waals surface area contributed by atoms with Crippen LogP contribution in [0.15, 0.2) is 30.5 Å². The zero-order valence-corrected chi connectivity index (χ0v) is 12.3. The van der Waals surface area contributed by atoms with Crippen molar-refractivity contribution in [3.8, 4) is 0 Å². The Morgan fingerprint density at radius 3 is 3.00 bits per heavy atom. The standard InChI is InChI=1S/C16H18N4O2/c21-20(22)12-3-4-15-14(10-12)16(5-6-17-15)19-9-8-18-7-1-2-13(18)11-19/h3-6,10,13H,1-2,7-9,11H2/t13-/m0/s1. The maximum atomic E-state index is 11.0. The molecule has 6 nitrogen and oxygen atoms in total. The van der Waals surface area contributed by atoms with Gasteiger partial charge in [-0.3, -0.25) is 20.0 Å². The molecule has 4 rings (SSSR count). The van der Waals surface area contributed by atoms with Crippen molar-refractivity contribution in [2.24, 2.45) is 0 Å². The van der Waals surface area contributed by atoms with Crippen LogP contribution in [0, 0.1) is 10.1 Å². The molecule has 2 aliphatic heterocycles. The summed E-state index contributed by atoms with van der Waals surface area (Å²) in [6.45, 7) is 4.25. The Morgan fingerprint density at radius 2 is 2.14 bits per heavy atom. The molecule has 0 radical (unpaired) electrons. The fraction of sp³-hybridized carbons (Fsp3) is 0.438. The van der Waals surface area contributed by atoms with Gasteiger partial charge >= 0.3 is 0 Å². The first-order valence-electron chi connectivity index (χ1n) is 7.74. The van der Waals surface area contributed by atoms with Gasteiger partial charge in [-0.05, 0) is 31.5 Å². The average molecular weight is 298 g/mol. The fourth-order valence-electron chi connectivity index (χ4n) is 3.72. The van der Waals surface area contributed by atoms with E-state index < -0.39 is 0 Å². The monoisotopic (exact) mass is 298 g/mol. The van der Waals surface area contributed by atoms with Crippen LogP contribution in [0.5, 0.6) is 0 Å². The van der Waals surface area contributed by atoms with E-state index in [2.05, 4.69) is 14.8 Å². The molecule has 1 aromatic heterocycles. The molecule has 0 N–H and O–H groups in total. The second-order valence-corrected chi connectivity index (χ2v) is 6.07. The Bertz CT molecular complexity index is 733. The molecule has 2 fully saturated rings. The van der Waals surface area contributed by atoms with Crippen LogP contribution in [-0.4, -0.2) is 47.0 Å². The predicted molar refractivity (Wildman–Crippen MR) is 85.2 cm³/mol. The van der Waals surface area contributed by atoms with Gasteiger partial charge in [0.05, 0.1) is 10.4 Å². The van der Waals surface area contributed by atoms with Gasteiger partial charge in [0, 0.05) is 55.1 Å². The molecule has 1 aromatic carbocycles. The number of benzene rings is 1. The number of nitro benzene ring substituents is 1. The summed E-state index contributed by atoms with van der Waals surface area (Å²) in [5.41, 5.74) is 2.01. The minimum Gasteiger partial charge on any atom is -0.368 e. The van der Waals surface area contributed by atoms with Crippen molar-refractivity contribution in [2.75, 3.05) is 31.1 Å². The van der Waals surface area contributed by atoms with Gasteiger partial charge in [-0.25, -0.2) is 0 Å². The van der Waals surface area contributed by atoms with E-state index in [1.165, 1.54) is 25.5 Å². The minimum atomic E-state index is -0.342. The highest BCUT2D eigenvalue weighted by molar-refractivity contribution is 5.93. The SMILES string of the molecule is O=[N+]([O-])c1ccc2nccc(N3CCN4CCC[C@H]4C3)c2c1. The smallest absolute Gasteiger partial charge is 0.270 e. The minimum absolute atomic E-state index is 0.126. The first-order chi connectivity index (χ1) is 10.7. The molecule has 1 atom stereocenters. The van der Waals surface area contributed by atoms with Crippen LogP contribution in [0.3, 0.4) is 0 Å². The third-order valence-electron chi connectivity index (χ3n) is 4.84. The second-order valence-electron chi connectivity index (χ2n) is 6.07. The normalized spacial score (nSPS) is 22.0. The van der Waals surface area contributed by atoms with Crippen molar-refractivity contribution in [1.29, 1.82) is 0 Å².